The highest BCUT2D eigenvalue weighted by atomic mass is 35.5. The van der Waals surface area contributed by atoms with E-state index in [-0.39, 0.29) is 0 Å². The third kappa shape index (κ3) is 3.27. The maximum Gasteiger partial charge on any atom is 0.120 e. The van der Waals surface area contributed by atoms with Gasteiger partial charge in [0.1, 0.15) is 5.75 Å². The maximum atomic E-state index is 6.29. The number of halogens is 1. The van der Waals surface area contributed by atoms with Crippen LogP contribution in [0, 0.1) is 12.8 Å². The number of hydrogen-bond donors (Lipinski definition) is 1. The molecule has 0 aromatic heterocycles. The van der Waals surface area contributed by atoms with Crippen molar-refractivity contribution in [3.8, 4) is 5.75 Å². The fourth-order valence-corrected chi connectivity index (χ4v) is 2.64. The van der Waals surface area contributed by atoms with E-state index in [4.69, 9.17) is 16.3 Å². The molecule has 1 heterocycles. The van der Waals surface area contributed by atoms with Gasteiger partial charge < -0.3 is 10.1 Å². The van der Waals surface area contributed by atoms with Gasteiger partial charge in [-0.2, -0.15) is 0 Å². The normalized spacial score (nSPS) is 17.3. The molecule has 0 bridgehead atoms. The van der Waals surface area contributed by atoms with E-state index in [9.17, 15) is 0 Å². The zero-order valence-corrected chi connectivity index (χ0v) is 11.8. The zero-order chi connectivity index (χ0) is 13.0. The van der Waals surface area contributed by atoms with Gasteiger partial charge in [-0.1, -0.05) is 23.8 Å². The Morgan fingerprint density at radius 1 is 1.33 bits per heavy atom. The summed E-state index contributed by atoms with van der Waals surface area (Å²) in [5.74, 6) is 1.49. The van der Waals surface area contributed by atoms with E-state index in [0.29, 0.717) is 5.92 Å². The Labute approximate surface area is 114 Å². The lowest BCUT2D eigenvalue weighted by atomic mass is 9.96. The van der Waals surface area contributed by atoms with Crippen molar-refractivity contribution >= 4 is 17.7 Å². The molecule has 1 saturated heterocycles. The Bertz CT molecular complexity index is 413. The van der Waals surface area contributed by atoms with Crippen LogP contribution in [0.2, 0.25) is 5.02 Å². The third-order valence-corrected chi connectivity index (χ3v) is 3.78. The lowest BCUT2D eigenvalue weighted by Gasteiger charge is -2.19. The summed E-state index contributed by atoms with van der Waals surface area (Å²) in [6.07, 6.45) is 6.88. The third-order valence-electron chi connectivity index (χ3n) is 3.46. The van der Waals surface area contributed by atoms with Gasteiger partial charge in [-0.25, -0.2) is 0 Å². The Morgan fingerprint density at radius 2 is 2.06 bits per heavy atom. The van der Waals surface area contributed by atoms with Crippen LogP contribution >= 0.6 is 11.6 Å². The van der Waals surface area contributed by atoms with Crippen molar-refractivity contribution in [1.29, 1.82) is 0 Å². The van der Waals surface area contributed by atoms with Gasteiger partial charge in [-0.05, 0) is 62.0 Å². The lowest BCUT2D eigenvalue weighted by molar-refractivity contribution is 0.414. The monoisotopic (exact) mass is 265 g/mol. The maximum absolute atomic E-state index is 6.29. The molecule has 3 heteroatoms. The number of ether oxygens (including phenoxy) is 1. The average molecular weight is 266 g/mol. The van der Waals surface area contributed by atoms with Crippen molar-refractivity contribution in [2.45, 2.75) is 19.8 Å². The molecule has 18 heavy (non-hydrogen) atoms. The van der Waals surface area contributed by atoms with Crippen LogP contribution in [0.1, 0.15) is 24.0 Å². The molecule has 1 aromatic carbocycles. The minimum absolute atomic E-state index is 0.670. The van der Waals surface area contributed by atoms with Crippen molar-refractivity contribution in [2.24, 2.45) is 5.92 Å². The number of nitrogens with one attached hydrogen (secondary N) is 1. The fourth-order valence-electron chi connectivity index (χ4n) is 2.32. The van der Waals surface area contributed by atoms with Gasteiger partial charge in [-0.15, -0.1) is 0 Å². The Balaban J connectivity index is 2.15. The molecular weight excluding hydrogens is 246 g/mol. The molecule has 0 amide bonds. The highest BCUT2D eigenvalue weighted by molar-refractivity contribution is 6.32. The van der Waals surface area contributed by atoms with Crippen LogP contribution in [0.3, 0.4) is 0 Å². The summed E-state index contributed by atoms with van der Waals surface area (Å²) in [6, 6.07) is 3.89. The molecule has 0 radical (unpaired) electrons. The van der Waals surface area contributed by atoms with Crippen LogP contribution in [0.4, 0.5) is 0 Å². The van der Waals surface area contributed by atoms with Crippen LogP contribution in [0.15, 0.2) is 18.2 Å². The van der Waals surface area contributed by atoms with Crippen molar-refractivity contribution < 1.29 is 4.74 Å². The highest BCUT2D eigenvalue weighted by Crippen LogP contribution is 2.28. The second-order valence-corrected chi connectivity index (χ2v) is 5.19. The first-order valence-electron chi connectivity index (χ1n) is 6.44. The van der Waals surface area contributed by atoms with E-state index in [1.165, 1.54) is 12.8 Å². The Morgan fingerprint density at radius 3 is 2.67 bits per heavy atom. The summed E-state index contributed by atoms with van der Waals surface area (Å²) in [5.41, 5.74) is 2.26. The molecule has 1 aromatic rings. The van der Waals surface area contributed by atoms with Crippen LogP contribution in [0.25, 0.3) is 6.08 Å². The van der Waals surface area contributed by atoms with Crippen molar-refractivity contribution in [1.82, 2.24) is 5.32 Å². The molecule has 1 aliphatic heterocycles. The number of allylic oxidation sites excluding steroid dienone is 1. The number of piperidine rings is 1. The summed E-state index contributed by atoms with van der Waals surface area (Å²) in [6.45, 7) is 4.30. The Kier molecular flexibility index (Phi) is 4.67. The van der Waals surface area contributed by atoms with Crippen LogP contribution in [-0.4, -0.2) is 20.2 Å². The van der Waals surface area contributed by atoms with Crippen LogP contribution in [0.5, 0.6) is 5.75 Å². The van der Waals surface area contributed by atoms with E-state index in [1.54, 1.807) is 7.11 Å². The molecule has 1 N–H and O–H groups in total. The van der Waals surface area contributed by atoms with Gasteiger partial charge in [0.25, 0.3) is 0 Å². The van der Waals surface area contributed by atoms with Gasteiger partial charge in [-0.3, -0.25) is 0 Å². The number of rotatable bonds is 3. The summed E-state index contributed by atoms with van der Waals surface area (Å²) >= 11 is 6.29. The van der Waals surface area contributed by atoms with E-state index in [0.717, 1.165) is 35.0 Å². The van der Waals surface area contributed by atoms with Gasteiger partial charge in [0, 0.05) is 0 Å². The van der Waals surface area contributed by atoms with E-state index in [1.807, 2.05) is 12.1 Å². The highest BCUT2D eigenvalue weighted by Gasteiger charge is 2.10. The number of aryl methyl sites for hydroxylation is 1. The predicted octanol–water partition coefficient (Wildman–Crippen LogP) is 3.67. The summed E-state index contributed by atoms with van der Waals surface area (Å²) in [5, 5.41) is 4.14. The molecule has 2 nitrogen and oxygen atoms in total. The van der Waals surface area contributed by atoms with Crippen molar-refractivity contribution in [3.63, 3.8) is 0 Å². The molecule has 0 spiro atoms. The first kappa shape index (κ1) is 13.4. The van der Waals surface area contributed by atoms with Crippen molar-refractivity contribution in [2.75, 3.05) is 20.2 Å². The molecule has 0 atom stereocenters. The van der Waals surface area contributed by atoms with E-state index < -0.39 is 0 Å². The van der Waals surface area contributed by atoms with Crippen molar-refractivity contribution in [3.05, 3.63) is 34.4 Å². The molecule has 0 saturated carbocycles. The first-order valence-corrected chi connectivity index (χ1v) is 6.81. The molecular formula is C15H20ClNO. The molecule has 98 valence electrons. The number of methoxy groups -OCH3 is 1. The van der Waals surface area contributed by atoms with Gasteiger partial charge in [0.05, 0.1) is 12.1 Å². The fraction of sp³-hybridized carbons (Fsp3) is 0.467. The minimum Gasteiger partial charge on any atom is -0.497 e. The number of hydrogen-bond acceptors (Lipinski definition) is 2. The first-order chi connectivity index (χ1) is 8.70. The van der Waals surface area contributed by atoms with E-state index in [2.05, 4.69) is 24.4 Å². The minimum atomic E-state index is 0.670. The predicted molar refractivity (Wildman–Crippen MR) is 77.4 cm³/mol. The van der Waals surface area contributed by atoms with Gasteiger partial charge >= 0.3 is 0 Å². The van der Waals surface area contributed by atoms with Gasteiger partial charge in [0.2, 0.25) is 0 Å². The van der Waals surface area contributed by atoms with Crippen LogP contribution < -0.4 is 10.1 Å². The molecule has 0 aliphatic carbocycles. The molecule has 2 rings (SSSR count). The number of benzene rings is 1. The topological polar surface area (TPSA) is 21.3 Å². The SMILES string of the molecule is COc1cc(C)c(C=CC2CCNCC2)c(Cl)c1. The largest absolute Gasteiger partial charge is 0.497 e. The zero-order valence-electron chi connectivity index (χ0n) is 11.0. The quantitative estimate of drug-likeness (QED) is 0.900. The summed E-state index contributed by atoms with van der Waals surface area (Å²) < 4.78 is 5.21. The second-order valence-electron chi connectivity index (χ2n) is 4.79. The Hall–Kier alpha value is -0.990. The summed E-state index contributed by atoms with van der Waals surface area (Å²) in [7, 11) is 1.66. The second kappa shape index (κ2) is 6.26. The van der Waals surface area contributed by atoms with Crippen LogP contribution in [-0.2, 0) is 0 Å². The molecule has 1 fully saturated rings. The lowest BCUT2D eigenvalue weighted by Crippen LogP contribution is -2.26. The smallest absolute Gasteiger partial charge is 0.120 e. The van der Waals surface area contributed by atoms with E-state index >= 15 is 0 Å². The molecule has 0 unspecified atom stereocenters. The standard InChI is InChI=1S/C15H20ClNO/c1-11-9-13(18-2)10-15(16)14(11)4-3-12-5-7-17-8-6-12/h3-4,9-10,12,17H,5-8H2,1-2H3. The summed E-state index contributed by atoms with van der Waals surface area (Å²) in [4.78, 5) is 0. The van der Waals surface area contributed by atoms with Gasteiger partial charge in [0.15, 0.2) is 0 Å². The molecule has 1 aliphatic rings. The average Bonchev–Trinajstić information content (AvgIpc) is 2.38.